The van der Waals surface area contributed by atoms with Gasteiger partial charge in [-0.3, -0.25) is 9.78 Å². The fourth-order valence-electron chi connectivity index (χ4n) is 1.54. The van der Waals surface area contributed by atoms with Gasteiger partial charge in [0.05, 0.1) is 23.1 Å². The number of amides is 1. The van der Waals surface area contributed by atoms with Crippen LogP contribution in [0.4, 0.5) is 11.4 Å². The smallest absolute Gasteiger partial charge is 0.337 e. The fourth-order valence-corrected chi connectivity index (χ4v) is 1.54. The molecular weight excluding hydrogens is 260 g/mol. The van der Waals surface area contributed by atoms with Crippen molar-refractivity contribution in [2.75, 3.05) is 11.1 Å². The maximum atomic E-state index is 11.9. The van der Waals surface area contributed by atoms with Crippen LogP contribution in [0, 0.1) is 6.92 Å². The van der Waals surface area contributed by atoms with Crippen molar-refractivity contribution in [1.29, 1.82) is 0 Å². The molecule has 0 atom stereocenters. The van der Waals surface area contributed by atoms with Crippen molar-refractivity contribution in [2.45, 2.75) is 6.92 Å². The molecule has 0 saturated carbocycles. The maximum absolute atomic E-state index is 11.9. The standard InChI is InChI=1S/C13H12N4O3/c1-7-5-16-11(6-15-7)12(18)17-10-3-2-8(14)4-9(10)13(19)20/h2-6H,14H2,1H3,(H,17,18)(H,19,20). The zero-order valence-corrected chi connectivity index (χ0v) is 10.6. The van der Waals surface area contributed by atoms with E-state index < -0.39 is 11.9 Å². The molecule has 1 amide bonds. The lowest BCUT2D eigenvalue weighted by atomic mass is 10.1. The van der Waals surface area contributed by atoms with Gasteiger partial charge < -0.3 is 16.2 Å². The number of aryl methyl sites for hydroxylation is 1. The lowest BCUT2D eigenvalue weighted by molar-refractivity contribution is 0.0698. The first-order valence-electron chi connectivity index (χ1n) is 5.70. The molecule has 1 heterocycles. The summed E-state index contributed by atoms with van der Waals surface area (Å²) in [4.78, 5) is 30.9. The highest BCUT2D eigenvalue weighted by Crippen LogP contribution is 2.19. The molecule has 4 N–H and O–H groups in total. The van der Waals surface area contributed by atoms with Gasteiger partial charge in [-0.2, -0.15) is 0 Å². The molecule has 0 radical (unpaired) electrons. The second-order valence-corrected chi connectivity index (χ2v) is 4.11. The maximum Gasteiger partial charge on any atom is 0.337 e. The van der Waals surface area contributed by atoms with Crippen LogP contribution >= 0.6 is 0 Å². The van der Waals surface area contributed by atoms with E-state index in [-0.39, 0.29) is 16.9 Å². The molecule has 0 fully saturated rings. The summed E-state index contributed by atoms with van der Waals surface area (Å²) in [7, 11) is 0. The largest absolute Gasteiger partial charge is 0.478 e. The molecule has 7 heteroatoms. The number of aromatic nitrogens is 2. The zero-order valence-electron chi connectivity index (χ0n) is 10.6. The number of nitrogens with two attached hydrogens (primary N) is 1. The van der Waals surface area contributed by atoms with Crippen LogP contribution in [0.3, 0.4) is 0 Å². The topological polar surface area (TPSA) is 118 Å². The summed E-state index contributed by atoms with van der Waals surface area (Å²) in [5.41, 5.74) is 6.68. The zero-order chi connectivity index (χ0) is 14.7. The molecule has 0 aliphatic heterocycles. The first-order chi connectivity index (χ1) is 9.47. The number of aromatic carboxylic acids is 1. The van der Waals surface area contributed by atoms with Crippen molar-refractivity contribution in [3.05, 3.63) is 47.5 Å². The van der Waals surface area contributed by atoms with Gasteiger partial charge in [-0.15, -0.1) is 0 Å². The van der Waals surface area contributed by atoms with E-state index >= 15 is 0 Å². The predicted octanol–water partition coefficient (Wildman–Crippen LogP) is 1.32. The average Bonchev–Trinajstić information content (AvgIpc) is 2.41. The van der Waals surface area contributed by atoms with Gasteiger partial charge in [0.25, 0.3) is 5.91 Å². The van der Waals surface area contributed by atoms with Crippen LogP contribution in [0.2, 0.25) is 0 Å². The molecular formula is C13H12N4O3. The lowest BCUT2D eigenvalue weighted by Crippen LogP contribution is -2.16. The van der Waals surface area contributed by atoms with E-state index in [0.29, 0.717) is 11.4 Å². The van der Waals surface area contributed by atoms with E-state index in [1.165, 1.54) is 30.6 Å². The molecule has 0 aliphatic carbocycles. The molecule has 1 aromatic heterocycles. The highest BCUT2D eigenvalue weighted by Gasteiger charge is 2.14. The molecule has 0 saturated heterocycles. The third kappa shape index (κ3) is 2.89. The van der Waals surface area contributed by atoms with Gasteiger partial charge in [0.15, 0.2) is 0 Å². The average molecular weight is 272 g/mol. The number of rotatable bonds is 3. The summed E-state index contributed by atoms with van der Waals surface area (Å²) in [5, 5.41) is 11.6. The van der Waals surface area contributed by atoms with Crippen molar-refractivity contribution in [3.8, 4) is 0 Å². The highest BCUT2D eigenvalue weighted by atomic mass is 16.4. The van der Waals surface area contributed by atoms with Gasteiger partial charge in [-0.25, -0.2) is 9.78 Å². The summed E-state index contributed by atoms with van der Waals surface area (Å²) in [6.07, 6.45) is 2.78. The van der Waals surface area contributed by atoms with Gasteiger partial charge >= 0.3 is 5.97 Å². The van der Waals surface area contributed by atoms with E-state index in [1.807, 2.05) is 0 Å². The molecule has 0 spiro atoms. The van der Waals surface area contributed by atoms with Crippen LogP contribution in [0.15, 0.2) is 30.6 Å². The van der Waals surface area contributed by atoms with Crippen molar-refractivity contribution < 1.29 is 14.7 Å². The Morgan fingerprint density at radius 2 is 2.00 bits per heavy atom. The van der Waals surface area contributed by atoms with E-state index in [1.54, 1.807) is 6.92 Å². The Morgan fingerprint density at radius 3 is 2.60 bits per heavy atom. The van der Waals surface area contributed by atoms with E-state index in [4.69, 9.17) is 10.8 Å². The fraction of sp³-hybridized carbons (Fsp3) is 0.0769. The highest BCUT2D eigenvalue weighted by molar-refractivity contribution is 6.06. The summed E-state index contributed by atoms with van der Waals surface area (Å²) < 4.78 is 0. The van der Waals surface area contributed by atoms with E-state index in [9.17, 15) is 9.59 Å². The number of carboxylic acids is 1. The Hall–Kier alpha value is -2.96. The van der Waals surface area contributed by atoms with Crippen molar-refractivity contribution in [3.63, 3.8) is 0 Å². The van der Waals surface area contributed by atoms with Crippen LogP contribution in [-0.2, 0) is 0 Å². The van der Waals surface area contributed by atoms with Crippen LogP contribution in [0.25, 0.3) is 0 Å². The second kappa shape index (κ2) is 5.35. The molecule has 2 rings (SSSR count). The van der Waals surface area contributed by atoms with Gasteiger partial charge in [-0.1, -0.05) is 0 Å². The molecule has 0 bridgehead atoms. The van der Waals surface area contributed by atoms with Gasteiger partial charge in [0.2, 0.25) is 0 Å². The van der Waals surface area contributed by atoms with E-state index in [2.05, 4.69) is 15.3 Å². The summed E-state index contributed by atoms with van der Waals surface area (Å²) in [5.74, 6) is -1.72. The van der Waals surface area contributed by atoms with Crippen LogP contribution < -0.4 is 11.1 Å². The number of nitrogen functional groups attached to an aromatic ring is 1. The van der Waals surface area contributed by atoms with Gasteiger partial charge in [0.1, 0.15) is 5.69 Å². The Bertz CT molecular complexity index is 668. The van der Waals surface area contributed by atoms with Gasteiger partial charge in [0, 0.05) is 11.9 Å². The number of nitrogens with one attached hydrogen (secondary N) is 1. The van der Waals surface area contributed by atoms with Crippen molar-refractivity contribution >= 4 is 23.3 Å². The SMILES string of the molecule is Cc1cnc(C(=O)Nc2ccc(N)cc2C(=O)O)cn1. The van der Waals surface area contributed by atoms with Crippen molar-refractivity contribution in [1.82, 2.24) is 9.97 Å². The molecule has 20 heavy (non-hydrogen) atoms. The molecule has 2 aromatic rings. The summed E-state index contributed by atoms with van der Waals surface area (Å²) in [6, 6.07) is 4.21. The van der Waals surface area contributed by atoms with Crippen molar-refractivity contribution in [2.24, 2.45) is 0 Å². The Balaban J connectivity index is 2.28. The normalized spacial score (nSPS) is 10.1. The monoisotopic (exact) mass is 272 g/mol. The number of benzene rings is 1. The third-order valence-electron chi connectivity index (χ3n) is 2.54. The first-order valence-corrected chi connectivity index (χ1v) is 5.70. The van der Waals surface area contributed by atoms with Crippen LogP contribution in [-0.4, -0.2) is 27.0 Å². The number of hydrogen-bond acceptors (Lipinski definition) is 5. The summed E-state index contributed by atoms with van der Waals surface area (Å²) in [6.45, 7) is 1.75. The molecule has 1 aromatic carbocycles. The van der Waals surface area contributed by atoms with E-state index in [0.717, 1.165) is 0 Å². The second-order valence-electron chi connectivity index (χ2n) is 4.11. The van der Waals surface area contributed by atoms with Gasteiger partial charge in [-0.05, 0) is 25.1 Å². The molecule has 0 aliphatic rings. The lowest BCUT2D eigenvalue weighted by Gasteiger charge is -2.08. The number of nitrogens with zero attached hydrogens (tertiary/aromatic N) is 2. The first kappa shape index (κ1) is 13.5. The molecule has 7 nitrogen and oxygen atoms in total. The summed E-state index contributed by atoms with van der Waals surface area (Å²) >= 11 is 0. The van der Waals surface area contributed by atoms with Crippen LogP contribution in [0.5, 0.6) is 0 Å². The minimum Gasteiger partial charge on any atom is -0.478 e. The Labute approximate surface area is 114 Å². The molecule has 102 valence electrons. The minimum atomic E-state index is -1.18. The third-order valence-corrected chi connectivity index (χ3v) is 2.54. The number of anilines is 2. The number of carboxylic acid groups (broad SMARTS) is 1. The number of carbonyl (C=O) groups is 2. The Morgan fingerprint density at radius 1 is 1.25 bits per heavy atom. The quantitative estimate of drug-likeness (QED) is 0.725. The number of carbonyl (C=O) groups excluding carboxylic acids is 1. The number of hydrogen-bond donors (Lipinski definition) is 3. The minimum absolute atomic E-state index is 0.0848. The molecule has 0 unspecified atom stereocenters. The predicted molar refractivity (Wildman–Crippen MR) is 72.5 cm³/mol. The Kier molecular flexibility index (Phi) is 3.60. The van der Waals surface area contributed by atoms with Crippen LogP contribution in [0.1, 0.15) is 26.5 Å².